The van der Waals surface area contributed by atoms with Gasteiger partial charge in [0.15, 0.2) is 6.10 Å². The van der Waals surface area contributed by atoms with Crippen LogP contribution in [0.3, 0.4) is 0 Å². The van der Waals surface area contributed by atoms with Crippen LogP contribution in [0, 0.1) is 6.92 Å². The van der Waals surface area contributed by atoms with E-state index in [-0.39, 0.29) is 18.8 Å². The minimum absolute atomic E-state index is 0.0646. The summed E-state index contributed by atoms with van der Waals surface area (Å²) in [5.74, 6) is -0.340. The molecule has 1 fully saturated rings. The SMILES string of the molecule is C=C(C)C(=O)OC(COC(=O)C(C)=CCCN1CCOCC1)COc1ccc(C)cc1. The second-order valence-corrected chi connectivity index (χ2v) is 7.66. The van der Waals surface area contributed by atoms with Crippen molar-refractivity contribution in [1.82, 2.24) is 4.90 Å². The maximum absolute atomic E-state index is 12.3. The summed E-state index contributed by atoms with van der Waals surface area (Å²) in [6.07, 6.45) is 1.89. The molecule has 0 aliphatic carbocycles. The van der Waals surface area contributed by atoms with E-state index >= 15 is 0 Å². The zero-order chi connectivity index (χ0) is 22.6. The van der Waals surface area contributed by atoms with Crippen molar-refractivity contribution in [3.8, 4) is 5.75 Å². The van der Waals surface area contributed by atoms with Crippen LogP contribution < -0.4 is 4.74 Å². The van der Waals surface area contributed by atoms with E-state index in [0.717, 1.165) is 44.8 Å². The van der Waals surface area contributed by atoms with Gasteiger partial charge in [0, 0.05) is 30.8 Å². The average molecular weight is 432 g/mol. The van der Waals surface area contributed by atoms with Crippen LogP contribution >= 0.6 is 0 Å². The molecule has 7 heteroatoms. The molecule has 0 aromatic heterocycles. The second kappa shape index (κ2) is 12.9. The Morgan fingerprint density at radius 1 is 1.13 bits per heavy atom. The van der Waals surface area contributed by atoms with Gasteiger partial charge in [0.05, 0.1) is 13.2 Å². The normalized spacial score (nSPS) is 15.8. The van der Waals surface area contributed by atoms with Gasteiger partial charge in [0.2, 0.25) is 0 Å². The topological polar surface area (TPSA) is 74.3 Å². The lowest BCUT2D eigenvalue weighted by atomic mass is 10.2. The molecule has 0 N–H and O–H groups in total. The van der Waals surface area contributed by atoms with Crippen LogP contribution in [0.15, 0.2) is 48.1 Å². The molecule has 1 unspecified atom stereocenters. The van der Waals surface area contributed by atoms with Gasteiger partial charge in [-0.1, -0.05) is 30.4 Å². The fourth-order valence-electron chi connectivity index (χ4n) is 2.85. The van der Waals surface area contributed by atoms with Crippen molar-refractivity contribution >= 4 is 11.9 Å². The zero-order valence-electron chi connectivity index (χ0n) is 18.7. The average Bonchev–Trinajstić information content (AvgIpc) is 2.76. The molecule has 1 aliphatic heterocycles. The summed E-state index contributed by atoms with van der Waals surface area (Å²) in [6.45, 7) is 13.0. The molecule has 0 radical (unpaired) electrons. The number of benzene rings is 1. The molecule has 1 atom stereocenters. The smallest absolute Gasteiger partial charge is 0.333 e. The summed E-state index contributed by atoms with van der Waals surface area (Å²) >= 11 is 0. The van der Waals surface area contributed by atoms with Crippen LogP contribution in [-0.2, 0) is 23.8 Å². The number of carbonyl (C=O) groups excluding carboxylic acids is 2. The van der Waals surface area contributed by atoms with Crippen molar-refractivity contribution in [3.63, 3.8) is 0 Å². The molecule has 170 valence electrons. The van der Waals surface area contributed by atoms with Gasteiger partial charge in [-0.15, -0.1) is 0 Å². The number of carbonyl (C=O) groups is 2. The van der Waals surface area contributed by atoms with Gasteiger partial charge in [-0.25, -0.2) is 9.59 Å². The predicted octanol–water partition coefficient (Wildman–Crippen LogP) is 3.07. The zero-order valence-corrected chi connectivity index (χ0v) is 18.7. The van der Waals surface area contributed by atoms with E-state index in [4.69, 9.17) is 18.9 Å². The molecule has 1 aromatic rings. The molecule has 7 nitrogen and oxygen atoms in total. The lowest BCUT2D eigenvalue weighted by molar-refractivity contribution is -0.155. The molecule has 0 bridgehead atoms. The summed E-state index contributed by atoms with van der Waals surface area (Å²) in [5, 5.41) is 0. The molecular weight excluding hydrogens is 398 g/mol. The quantitative estimate of drug-likeness (QED) is 0.394. The minimum Gasteiger partial charge on any atom is -0.490 e. The highest BCUT2D eigenvalue weighted by molar-refractivity contribution is 5.88. The number of hydrogen-bond acceptors (Lipinski definition) is 7. The van der Waals surface area contributed by atoms with Crippen molar-refractivity contribution < 1.29 is 28.5 Å². The number of hydrogen-bond donors (Lipinski definition) is 0. The van der Waals surface area contributed by atoms with Crippen molar-refractivity contribution in [2.45, 2.75) is 33.3 Å². The molecule has 2 rings (SSSR count). The Morgan fingerprint density at radius 2 is 1.81 bits per heavy atom. The van der Waals surface area contributed by atoms with E-state index in [1.54, 1.807) is 13.8 Å². The van der Waals surface area contributed by atoms with Crippen LogP contribution in [0.4, 0.5) is 0 Å². The molecule has 0 amide bonds. The molecular formula is C24H33NO6. The maximum Gasteiger partial charge on any atom is 0.333 e. The van der Waals surface area contributed by atoms with Crippen molar-refractivity contribution in [2.75, 3.05) is 46.1 Å². The number of nitrogens with zero attached hydrogens (tertiary/aromatic N) is 1. The lowest BCUT2D eigenvalue weighted by Gasteiger charge is -2.25. The maximum atomic E-state index is 12.3. The fourth-order valence-corrected chi connectivity index (χ4v) is 2.85. The van der Waals surface area contributed by atoms with Gasteiger partial charge in [0.1, 0.15) is 19.0 Å². The Hall–Kier alpha value is -2.64. The first-order valence-corrected chi connectivity index (χ1v) is 10.5. The summed E-state index contributed by atoms with van der Waals surface area (Å²) in [4.78, 5) is 26.6. The molecule has 1 aromatic carbocycles. The first kappa shape index (κ1) is 24.6. The number of ether oxygens (including phenoxy) is 4. The van der Waals surface area contributed by atoms with E-state index in [0.29, 0.717) is 11.3 Å². The van der Waals surface area contributed by atoms with Gasteiger partial charge in [-0.05, 0) is 39.3 Å². The van der Waals surface area contributed by atoms with Crippen LogP contribution in [0.5, 0.6) is 5.75 Å². The van der Waals surface area contributed by atoms with Gasteiger partial charge in [0.25, 0.3) is 0 Å². The van der Waals surface area contributed by atoms with Gasteiger partial charge in [-0.2, -0.15) is 0 Å². The Balaban J connectivity index is 1.83. The Kier molecular flexibility index (Phi) is 10.3. The molecule has 0 spiro atoms. The largest absolute Gasteiger partial charge is 0.490 e. The Bertz CT molecular complexity index is 765. The summed E-state index contributed by atoms with van der Waals surface area (Å²) in [7, 11) is 0. The standard InChI is InChI=1S/C24H33NO6/c1-18(2)23(26)31-22(16-29-21-9-7-19(3)8-10-21)17-30-24(27)20(4)6-5-11-25-12-14-28-15-13-25/h6-10,22H,1,5,11-17H2,2-4H3. The lowest BCUT2D eigenvalue weighted by Crippen LogP contribution is -2.36. The second-order valence-electron chi connectivity index (χ2n) is 7.66. The molecule has 31 heavy (non-hydrogen) atoms. The van der Waals surface area contributed by atoms with Gasteiger partial charge < -0.3 is 18.9 Å². The third kappa shape index (κ3) is 9.36. The predicted molar refractivity (Wildman–Crippen MR) is 118 cm³/mol. The van der Waals surface area contributed by atoms with Crippen LogP contribution in [-0.4, -0.2) is 69.0 Å². The van der Waals surface area contributed by atoms with Crippen LogP contribution in [0.2, 0.25) is 0 Å². The number of esters is 2. The molecule has 1 aliphatic rings. The van der Waals surface area contributed by atoms with Crippen molar-refractivity contribution in [3.05, 3.63) is 53.6 Å². The first-order chi connectivity index (χ1) is 14.8. The van der Waals surface area contributed by atoms with E-state index < -0.39 is 18.0 Å². The number of aryl methyl sites for hydroxylation is 1. The van der Waals surface area contributed by atoms with Crippen molar-refractivity contribution in [2.24, 2.45) is 0 Å². The Morgan fingerprint density at radius 3 is 2.45 bits per heavy atom. The summed E-state index contributed by atoms with van der Waals surface area (Å²) < 4.78 is 21.8. The van der Waals surface area contributed by atoms with Crippen LogP contribution in [0.1, 0.15) is 25.8 Å². The molecule has 1 saturated heterocycles. The Labute approximate surface area is 184 Å². The van der Waals surface area contributed by atoms with Gasteiger partial charge >= 0.3 is 11.9 Å². The highest BCUT2D eigenvalue weighted by Crippen LogP contribution is 2.13. The summed E-state index contributed by atoms with van der Waals surface area (Å²) in [6, 6.07) is 7.52. The van der Waals surface area contributed by atoms with E-state index in [1.165, 1.54) is 0 Å². The third-order valence-corrected chi connectivity index (χ3v) is 4.80. The summed E-state index contributed by atoms with van der Waals surface area (Å²) in [5.41, 5.74) is 1.91. The minimum atomic E-state index is -0.740. The van der Waals surface area contributed by atoms with E-state index in [2.05, 4.69) is 11.5 Å². The molecule has 1 heterocycles. The number of morpholine rings is 1. The first-order valence-electron chi connectivity index (χ1n) is 10.5. The van der Waals surface area contributed by atoms with Crippen LogP contribution in [0.25, 0.3) is 0 Å². The van der Waals surface area contributed by atoms with E-state index in [9.17, 15) is 9.59 Å². The number of rotatable bonds is 11. The van der Waals surface area contributed by atoms with Gasteiger partial charge in [-0.3, -0.25) is 4.90 Å². The monoisotopic (exact) mass is 431 g/mol. The van der Waals surface area contributed by atoms with Crippen molar-refractivity contribution in [1.29, 1.82) is 0 Å². The van der Waals surface area contributed by atoms with E-state index in [1.807, 2.05) is 37.3 Å². The highest BCUT2D eigenvalue weighted by atomic mass is 16.6. The highest BCUT2D eigenvalue weighted by Gasteiger charge is 2.19. The molecule has 0 saturated carbocycles. The third-order valence-electron chi connectivity index (χ3n) is 4.80. The fraction of sp³-hybridized carbons (Fsp3) is 0.500.